The molecule has 0 saturated heterocycles. The fourth-order valence-corrected chi connectivity index (χ4v) is 2.58. The zero-order chi connectivity index (χ0) is 15.5. The highest BCUT2D eigenvalue weighted by atomic mass is 127. The van der Waals surface area contributed by atoms with Crippen molar-refractivity contribution in [2.24, 2.45) is 0 Å². The summed E-state index contributed by atoms with van der Waals surface area (Å²) in [6, 6.07) is 18.3. The molecule has 0 fully saturated rings. The minimum atomic E-state index is -0.292. The molecule has 3 aromatic rings. The molecule has 3 nitrogen and oxygen atoms in total. The highest BCUT2D eigenvalue weighted by molar-refractivity contribution is 14.1. The monoisotopic (exact) mass is 423 g/mol. The second-order valence-corrected chi connectivity index (χ2v) is 6.26. The molecule has 1 aromatic heterocycles. The minimum absolute atomic E-state index is 0.244. The van der Waals surface area contributed by atoms with Crippen LogP contribution in [0.2, 0.25) is 5.02 Å². The Labute approximate surface area is 146 Å². The fourth-order valence-electron chi connectivity index (χ4n) is 1.99. The molecule has 0 spiro atoms. The Morgan fingerprint density at radius 1 is 1.00 bits per heavy atom. The maximum absolute atomic E-state index is 12.2. The van der Waals surface area contributed by atoms with Crippen LogP contribution in [0.5, 0.6) is 0 Å². The molecule has 0 unspecified atom stereocenters. The largest absolute Gasteiger partial charge is 0.451 e. The molecule has 1 amide bonds. The molecule has 110 valence electrons. The van der Waals surface area contributed by atoms with Crippen molar-refractivity contribution in [1.29, 1.82) is 0 Å². The Morgan fingerprint density at radius 2 is 1.73 bits per heavy atom. The van der Waals surface area contributed by atoms with Gasteiger partial charge in [0, 0.05) is 14.8 Å². The average Bonchev–Trinajstić information content (AvgIpc) is 3.00. The van der Waals surface area contributed by atoms with E-state index in [1.165, 1.54) is 0 Å². The standard InChI is InChI=1S/C17H11ClINO2/c18-14-4-2-1-3-13(14)15-9-10-16(22-15)17(21)20-12-7-5-11(19)6-8-12/h1-10H,(H,20,21). The maximum Gasteiger partial charge on any atom is 0.291 e. The van der Waals surface area contributed by atoms with Crippen LogP contribution in [0, 0.1) is 3.57 Å². The van der Waals surface area contributed by atoms with Gasteiger partial charge >= 0.3 is 0 Å². The molecule has 0 aliphatic rings. The van der Waals surface area contributed by atoms with Crippen LogP contribution in [-0.2, 0) is 0 Å². The summed E-state index contributed by atoms with van der Waals surface area (Å²) in [5.74, 6) is 0.520. The van der Waals surface area contributed by atoms with Crippen LogP contribution in [0.15, 0.2) is 65.1 Å². The van der Waals surface area contributed by atoms with E-state index in [1.54, 1.807) is 18.2 Å². The molecular formula is C17H11ClINO2. The number of benzene rings is 2. The summed E-state index contributed by atoms with van der Waals surface area (Å²) in [7, 11) is 0. The molecule has 5 heteroatoms. The van der Waals surface area contributed by atoms with Gasteiger partial charge in [0.25, 0.3) is 5.91 Å². The van der Waals surface area contributed by atoms with Crippen LogP contribution in [-0.4, -0.2) is 5.91 Å². The van der Waals surface area contributed by atoms with Crippen molar-refractivity contribution < 1.29 is 9.21 Å². The zero-order valence-corrected chi connectivity index (χ0v) is 14.3. The number of halogens is 2. The smallest absolute Gasteiger partial charge is 0.291 e. The molecule has 0 aliphatic heterocycles. The third kappa shape index (κ3) is 3.34. The molecule has 0 bridgehead atoms. The van der Waals surface area contributed by atoms with E-state index >= 15 is 0 Å². The van der Waals surface area contributed by atoms with E-state index in [9.17, 15) is 4.79 Å². The van der Waals surface area contributed by atoms with Gasteiger partial charge in [-0.2, -0.15) is 0 Å². The zero-order valence-electron chi connectivity index (χ0n) is 11.3. The number of rotatable bonds is 3. The van der Waals surface area contributed by atoms with Crippen LogP contribution in [0.25, 0.3) is 11.3 Å². The number of furan rings is 1. The number of nitrogens with one attached hydrogen (secondary N) is 1. The number of anilines is 1. The fraction of sp³-hybridized carbons (Fsp3) is 0. The summed E-state index contributed by atoms with van der Waals surface area (Å²) < 4.78 is 6.72. The number of hydrogen-bond donors (Lipinski definition) is 1. The maximum atomic E-state index is 12.2. The first-order valence-corrected chi connectivity index (χ1v) is 8.01. The van der Waals surface area contributed by atoms with E-state index in [4.69, 9.17) is 16.0 Å². The molecule has 1 heterocycles. The Kier molecular flexibility index (Phi) is 4.49. The average molecular weight is 424 g/mol. The molecule has 2 aromatic carbocycles. The van der Waals surface area contributed by atoms with Crippen LogP contribution in [0.3, 0.4) is 0 Å². The van der Waals surface area contributed by atoms with Crippen LogP contribution < -0.4 is 5.32 Å². The van der Waals surface area contributed by atoms with Crippen LogP contribution in [0.4, 0.5) is 5.69 Å². The van der Waals surface area contributed by atoms with Gasteiger partial charge in [0.2, 0.25) is 0 Å². The van der Waals surface area contributed by atoms with Crippen molar-refractivity contribution in [3.05, 3.63) is 75.0 Å². The van der Waals surface area contributed by atoms with E-state index in [1.807, 2.05) is 42.5 Å². The van der Waals surface area contributed by atoms with Gasteiger partial charge in [-0.05, 0) is 71.1 Å². The molecule has 0 atom stereocenters. The topological polar surface area (TPSA) is 42.2 Å². The van der Waals surface area contributed by atoms with E-state index in [2.05, 4.69) is 27.9 Å². The van der Waals surface area contributed by atoms with Gasteiger partial charge in [0.15, 0.2) is 5.76 Å². The van der Waals surface area contributed by atoms with Crippen molar-refractivity contribution in [3.63, 3.8) is 0 Å². The highest BCUT2D eigenvalue weighted by Gasteiger charge is 2.13. The summed E-state index contributed by atoms with van der Waals surface area (Å²) in [5.41, 5.74) is 1.48. The molecule has 0 saturated carbocycles. The van der Waals surface area contributed by atoms with Gasteiger partial charge in [-0.1, -0.05) is 23.7 Å². The third-order valence-electron chi connectivity index (χ3n) is 3.07. The first-order valence-electron chi connectivity index (χ1n) is 6.55. The first kappa shape index (κ1) is 15.1. The van der Waals surface area contributed by atoms with E-state index < -0.39 is 0 Å². The van der Waals surface area contributed by atoms with Crippen molar-refractivity contribution in [2.75, 3.05) is 5.32 Å². The molecule has 3 rings (SSSR count). The van der Waals surface area contributed by atoms with Crippen molar-refractivity contribution in [1.82, 2.24) is 0 Å². The molecule has 1 N–H and O–H groups in total. The van der Waals surface area contributed by atoms with Gasteiger partial charge < -0.3 is 9.73 Å². The summed E-state index contributed by atoms with van der Waals surface area (Å²) in [6.07, 6.45) is 0. The predicted octanol–water partition coefficient (Wildman–Crippen LogP) is 5.46. The Balaban J connectivity index is 1.80. The molecule has 0 aliphatic carbocycles. The lowest BCUT2D eigenvalue weighted by atomic mass is 10.2. The van der Waals surface area contributed by atoms with Gasteiger partial charge in [-0.25, -0.2) is 0 Å². The predicted molar refractivity (Wildman–Crippen MR) is 96.3 cm³/mol. The molecule has 0 radical (unpaired) electrons. The second kappa shape index (κ2) is 6.54. The van der Waals surface area contributed by atoms with Crippen LogP contribution >= 0.6 is 34.2 Å². The van der Waals surface area contributed by atoms with Crippen LogP contribution in [0.1, 0.15) is 10.6 Å². The number of carbonyl (C=O) groups is 1. The molecular weight excluding hydrogens is 413 g/mol. The van der Waals surface area contributed by atoms with E-state index in [0.29, 0.717) is 10.8 Å². The number of amides is 1. The summed E-state index contributed by atoms with van der Waals surface area (Å²) in [6.45, 7) is 0. The van der Waals surface area contributed by atoms with Gasteiger partial charge in [0.05, 0.1) is 5.02 Å². The second-order valence-electron chi connectivity index (χ2n) is 4.60. The summed E-state index contributed by atoms with van der Waals surface area (Å²) in [5, 5.41) is 3.38. The number of hydrogen-bond acceptors (Lipinski definition) is 2. The lowest BCUT2D eigenvalue weighted by Crippen LogP contribution is -2.10. The first-order chi connectivity index (χ1) is 10.6. The molecule has 22 heavy (non-hydrogen) atoms. The van der Waals surface area contributed by atoms with Gasteiger partial charge in [-0.15, -0.1) is 0 Å². The Hall–Kier alpha value is -1.79. The summed E-state index contributed by atoms with van der Waals surface area (Å²) in [4.78, 5) is 12.2. The quantitative estimate of drug-likeness (QED) is 0.569. The SMILES string of the molecule is O=C(Nc1ccc(I)cc1)c1ccc(-c2ccccc2Cl)o1. The van der Waals surface area contributed by atoms with Crippen molar-refractivity contribution in [2.45, 2.75) is 0 Å². The minimum Gasteiger partial charge on any atom is -0.451 e. The van der Waals surface area contributed by atoms with Gasteiger partial charge in [-0.3, -0.25) is 4.79 Å². The van der Waals surface area contributed by atoms with Crippen molar-refractivity contribution >= 4 is 45.8 Å². The van der Waals surface area contributed by atoms with Gasteiger partial charge in [0.1, 0.15) is 5.76 Å². The van der Waals surface area contributed by atoms with Crippen molar-refractivity contribution in [3.8, 4) is 11.3 Å². The Morgan fingerprint density at radius 3 is 2.45 bits per heavy atom. The lowest BCUT2D eigenvalue weighted by molar-refractivity contribution is 0.0997. The number of carbonyl (C=O) groups excluding carboxylic acids is 1. The lowest BCUT2D eigenvalue weighted by Gasteiger charge is -2.03. The third-order valence-corrected chi connectivity index (χ3v) is 4.12. The highest BCUT2D eigenvalue weighted by Crippen LogP contribution is 2.29. The van der Waals surface area contributed by atoms with E-state index in [-0.39, 0.29) is 11.7 Å². The Bertz CT molecular complexity index is 812. The van der Waals surface area contributed by atoms with E-state index in [0.717, 1.165) is 14.8 Å². The normalized spacial score (nSPS) is 10.5. The summed E-state index contributed by atoms with van der Waals surface area (Å²) >= 11 is 8.34.